The van der Waals surface area contributed by atoms with Crippen LogP contribution in [0.5, 0.6) is 0 Å². The van der Waals surface area contributed by atoms with E-state index in [9.17, 15) is 0 Å². The molecule has 22 rings (SSSR count). The predicted octanol–water partition coefficient (Wildman–Crippen LogP) is 25.7. The highest BCUT2D eigenvalue weighted by atomic mass is 15.2. The normalized spacial score (nSPS) is 19.8. The van der Waals surface area contributed by atoms with Gasteiger partial charge in [-0.2, -0.15) is 0 Å². The van der Waals surface area contributed by atoms with Crippen molar-refractivity contribution in [3.8, 4) is 44.5 Å². The van der Waals surface area contributed by atoms with E-state index in [-0.39, 0.29) is 22.7 Å². The maximum absolute atomic E-state index is 2.72. The lowest BCUT2D eigenvalue weighted by Gasteiger charge is -2.46. The molecule has 0 aliphatic heterocycles. The molecule has 2 nitrogen and oxygen atoms in total. The van der Waals surface area contributed by atoms with Crippen molar-refractivity contribution in [2.75, 3.05) is 9.80 Å². The van der Waals surface area contributed by atoms with E-state index in [2.05, 4.69) is 355 Å². The smallest absolute Gasteiger partial charge is 0.0543 e. The first-order chi connectivity index (χ1) is 48.9. The van der Waals surface area contributed by atoms with Gasteiger partial charge in [-0.3, -0.25) is 0 Å². The molecule has 15 aromatic carbocycles. The van der Waals surface area contributed by atoms with Gasteiger partial charge in [-0.15, -0.1) is 0 Å². The second-order valence-electron chi connectivity index (χ2n) is 30.8. The minimum atomic E-state index is -0.661. The van der Waals surface area contributed by atoms with Crippen molar-refractivity contribution in [3.05, 3.63) is 364 Å². The Morgan fingerprint density at radius 1 is 0.300 bits per heavy atom. The number of anilines is 5. The van der Waals surface area contributed by atoms with Crippen LogP contribution in [0.15, 0.2) is 302 Å². The van der Waals surface area contributed by atoms with Gasteiger partial charge in [0.05, 0.1) is 17.1 Å². The van der Waals surface area contributed by atoms with Gasteiger partial charge in [-0.25, -0.2) is 0 Å². The van der Waals surface area contributed by atoms with Crippen molar-refractivity contribution in [1.29, 1.82) is 0 Å². The Bertz CT molecular complexity index is 6340. The molecule has 0 radical (unpaired) electrons. The van der Waals surface area contributed by atoms with Crippen LogP contribution >= 0.6 is 0 Å². The van der Waals surface area contributed by atoms with Crippen molar-refractivity contribution in [2.24, 2.45) is 5.92 Å². The maximum Gasteiger partial charge on any atom is 0.0543 e. The number of rotatable bonds is 7. The molecule has 0 bridgehead atoms. The van der Waals surface area contributed by atoms with E-state index < -0.39 is 10.8 Å². The third kappa shape index (κ3) is 7.03. The van der Waals surface area contributed by atoms with Crippen molar-refractivity contribution in [2.45, 2.75) is 69.1 Å². The largest absolute Gasteiger partial charge is 0.313 e. The van der Waals surface area contributed by atoms with Gasteiger partial charge in [0.25, 0.3) is 0 Å². The standard InChI is InChI=1S/C98H70N2/c1-95(2)77-33-15-11-25-65(77)67-49-45-63(53-81(67)95)99(85-51-43-61-39-37-57-21-19-23-59-41-47-75(85)91(61)89(57)59)87-55-83-93(71-29-9-7-27-69(71)87)73-31-13-17-35-79(73)97(83,5)98(6)80-36-18-14-32-74(80)94-72-30-10-8-28-70(72)88(56-84(94)98)100(64-46-50-68-66-26-12-16-34-78(66)96(3,4)82(68)54-64)86-52-44-62-40-38-58-22-20-24-60-42-48-76(86)92(62)90(58)60/h7-56,75,91H,1-6H3. The fraction of sp³-hybridized carbons (Fsp3) is 0.122. The summed E-state index contributed by atoms with van der Waals surface area (Å²) >= 11 is 0. The van der Waals surface area contributed by atoms with Crippen LogP contribution in [0.2, 0.25) is 0 Å². The van der Waals surface area contributed by atoms with E-state index in [4.69, 9.17) is 0 Å². The lowest BCUT2D eigenvalue weighted by Crippen LogP contribution is -2.44. The number of hydrogen-bond acceptors (Lipinski definition) is 2. The molecule has 472 valence electrons. The van der Waals surface area contributed by atoms with Crippen LogP contribution in [0.1, 0.15) is 109 Å². The van der Waals surface area contributed by atoms with Gasteiger partial charge in [-0.1, -0.05) is 296 Å². The molecule has 0 aromatic heterocycles. The summed E-state index contributed by atoms with van der Waals surface area (Å²) in [5.74, 6) is 0.234. The zero-order valence-electron chi connectivity index (χ0n) is 56.9. The van der Waals surface area contributed by atoms with Gasteiger partial charge in [0.15, 0.2) is 0 Å². The van der Waals surface area contributed by atoms with E-state index in [0.29, 0.717) is 0 Å². The molecule has 0 saturated heterocycles. The van der Waals surface area contributed by atoms with E-state index in [1.54, 1.807) is 0 Å². The lowest BCUT2D eigenvalue weighted by molar-refractivity contribution is 0.376. The molecule has 0 amide bonds. The molecule has 7 aliphatic carbocycles. The SMILES string of the molecule is CC1(C)c2ccccc2-c2ccc(N(C3=CC=C4C=Cc5cccc6c5C4C3C=C6)c3cc4c(c5ccccc35)-c3ccccc3C4(C)C3(C)c4ccccc4-c4c3cc(N(c3ccc5c(c3)C(C)(C)c3ccccc3-5)c3ccc5ccc6cccc7ccc3c5c67)c3ccccc43)cc21. The summed E-state index contributed by atoms with van der Waals surface area (Å²) < 4.78 is 0. The van der Waals surface area contributed by atoms with Crippen LogP contribution in [0.3, 0.4) is 0 Å². The fourth-order valence-electron chi connectivity index (χ4n) is 20.9. The topological polar surface area (TPSA) is 6.48 Å². The van der Waals surface area contributed by atoms with Gasteiger partial charge in [0, 0.05) is 66.7 Å². The van der Waals surface area contributed by atoms with Crippen LogP contribution < -0.4 is 9.80 Å². The molecule has 0 heterocycles. The first-order valence-corrected chi connectivity index (χ1v) is 35.9. The Morgan fingerprint density at radius 2 is 0.760 bits per heavy atom. The molecule has 100 heavy (non-hydrogen) atoms. The third-order valence-corrected chi connectivity index (χ3v) is 25.7. The Balaban J connectivity index is 0.822. The number of allylic oxidation sites excluding steroid dienone is 5. The Morgan fingerprint density at radius 3 is 1.35 bits per heavy atom. The van der Waals surface area contributed by atoms with E-state index in [1.165, 1.54) is 188 Å². The quantitative estimate of drug-likeness (QED) is 0.147. The molecule has 4 unspecified atom stereocenters. The monoisotopic (exact) mass is 1270 g/mol. The number of benzene rings is 15. The highest BCUT2D eigenvalue weighted by Crippen LogP contribution is 2.69. The summed E-state index contributed by atoms with van der Waals surface area (Å²) in [6.07, 6.45) is 14.6. The van der Waals surface area contributed by atoms with Gasteiger partial charge < -0.3 is 9.80 Å². The number of nitrogens with zero attached hydrogens (tertiary/aromatic N) is 2. The van der Waals surface area contributed by atoms with Crippen molar-refractivity contribution in [1.82, 2.24) is 0 Å². The van der Waals surface area contributed by atoms with Gasteiger partial charge in [0.1, 0.15) is 0 Å². The van der Waals surface area contributed by atoms with Crippen molar-refractivity contribution in [3.63, 3.8) is 0 Å². The molecule has 0 fully saturated rings. The number of fused-ring (bicyclic) bond motifs is 16. The molecule has 2 heteroatoms. The zero-order chi connectivity index (χ0) is 66.4. The average molecular weight is 1280 g/mol. The van der Waals surface area contributed by atoms with Crippen molar-refractivity contribution >= 4 is 94.5 Å². The molecule has 0 saturated carbocycles. The highest BCUT2D eigenvalue weighted by Gasteiger charge is 2.59. The highest BCUT2D eigenvalue weighted by molar-refractivity contribution is 6.26. The maximum atomic E-state index is 2.72. The minimum absolute atomic E-state index is 0.0638. The number of hydrogen-bond donors (Lipinski definition) is 0. The molecule has 0 spiro atoms. The Labute approximate surface area is 583 Å². The van der Waals surface area contributed by atoms with Gasteiger partial charge >= 0.3 is 0 Å². The Hall–Kier alpha value is -11.6. The van der Waals surface area contributed by atoms with Crippen LogP contribution in [-0.2, 0) is 21.7 Å². The summed E-state index contributed by atoms with van der Waals surface area (Å²) in [4.78, 5) is 5.38. The summed E-state index contributed by atoms with van der Waals surface area (Å²) in [6.45, 7) is 14.9. The van der Waals surface area contributed by atoms with Crippen LogP contribution in [0.25, 0.3) is 111 Å². The second kappa shape index (κ2) is 19.6. The summed E-state index contributed by atoms with van der Waals surface area (Å²) in [5.41, 5.74) is 32.1. The van der Waals surface area contributed by atoms with E-state index in [0.717, 1.165) is 11.4 Å². The van der Waals surface area contributed by atoms with Crippen LogP contribution in [0.4, 0.5) is 28.4 Å². The summed E-state index contributed by atoms with van der Waals surface area (Å²) in [6, 6.07) is 104. The molecular weight excluding hydrogens is 1210 g/mol. The molecule has 15 aromatic rings. The lowest BCUT2D eigenvalue weighted by atomic mass is 9.56. The van der Waals surface area contributed by atoms with Crippen molar-refractivity contribution < 1.29 is 0 Å². The Kier molecular flexibility index (Phi) is 11.1. The first-order valence-electron chi connectivity index (χ1n) is 35.9. The molecule has 7 aliphatic rings. The average Bonchev–Trinajstić information content (AvgIpc) is 1.48. The fourth-order valence-corrected chi connectivity index (χ4v) is 20.9. The minimum Gasteiger partial charge on any atom is -0.313 e. The van der Waals surface area contributed by atoms with Crippen LogP contribution in [0, 0.1) is 5.92 Å². The summed E-state index contributed by atoms with van der Waals surface area (Å²) in [7, 11) is 0. The molecule has 0 N–H and O–H groups in total. The molecular formula is C98H70N2. The first kappa shape index (κ1) is 56.4. The van der Waals surface area contributed by atoms with E-state index >= 15 is 0 Å². The van der Waals surface area contributed by atoms with Gasteiger partial charge in [-0.05, 0) is 198 Å². The zero-order valence-corrected chi connectivity index (χ0v) is 56.9. The van der Waals surface area contributed by atoms with Crippen LogP contribution in [-0.4, -0.2) is 0 Å². The summed E-state index contributed by atoms with van der Waals surface area (Å²) in [5, 5.41) is 12.6. The van der Waals surface area contributed by atoms with Gasteiger partial charge in [0.2, 0.25) is 0 Å². The van der Waals surface area contributed by atoms with E-state index in [1.807, 2.05) is 0 Å². The second-order valence-corrected chi connectivity index (χ2v) is 30.8. The third-order valence-electron chi connectivity index (χ3n) is 25.7. The predicted molar refractivity (Wildman–Crippen MR) is 421 cm³/mol. The molecule has 4 atom stereocenters.